The van der Waals surface area contributed by atoms with E-state index in [9.17, 15) is 40.0 Å². The van der Waals surface area contributed by atoms with E-state index in [4.69, 9.17) is 4.55 Å². The molecule has 0 aromatic rings. The van der Waals surface area contributed by atoms with Crippen molar-refractivity contribution in [3.05, 3.63) is 0 Å². The van der Waals surface area contributed by atoms with Gasteiger partial charge in [0, 0.05) is 0 Å². The van der Waals surface area contributed by atoms with Crippen molar-refractivity contribution in [3.63, 3.8) is 0 Å². The molecule has 0 aromatic heterocycles. The number of carbonyl (C=O) groups excluding carboxylic acids is 2. The van der Waals surface area contributed by atoms with Crippen LogP contribution < -0.4 is 0 Å². The fourth-order valence-electron chi connectivity index (χ4n) is 2.50. The Kier molecular flexibility index (Phi) is 8.36. The molecule has 0 amide bonds. The normalized spacial score (nSPS) is 18.7. The molecule has 0 spiro atoms. The molecule has 29 heavy (non-hydrogen) atoms. The van der Waals surface area contributed by atoms with Gasteiger partial charge in [-0.3, -0.25) is 9.35 Å². The van der Waals surface area contributed by atoms with Crippen molar-refractivity contribution in [2.75, 3.05) is 13.2 Å². The third-order valence-corrected chi connectivity index (χ3v) is 4.96. The van der Waals surface area contributed by atoms with Crippen LogP contribution in [0.15, 0.2) is 0 Å². The van der Waals surface area contributed by atoms with Crippen LogP contribution in [-0.4, -0.2) is 55.3 Å². The zero-order valence-corrected chi connectivity index (χ0v) is 16.2. The smallest absolute Gasteiger partial charge is 0.461 e. The van der Waals surface area contributed by atoms with Gasteiger partial charge in [-0.05, 0) is 19.3 Å². The third-order valence-electron chi connectivity index (χ3n) is 4.08. The Morgan fingerprint density at radius 1 is 1.07 bits per heavy atom. The van der Waals surface area contributed by atoms with E-state index in [0.717, 1.165) is 6.42 Å². The lowest BCUT2D eigenvalue weighted by Gasteiger charge is -2.34. The van der Waals surface area contributed by atoms with Gasteiger partial charge in [-0.2, -0.15) is 30.4 Å². The van der Waals surface area contributed by atoms with E-state index < -0.39 is 58.4 Å². The first-order valence-corrected chi connectivity index (χ1v) is 10.1. The van der Waals surface area contributed by atoms with E-state index in [-0.39, 0.29) is 19.3 Å². The van der Waals surface area contributed by atoms with Crippen molar-refractivity contribution >= 4 is 22.1 Å². The fourth-order valence-corrected chi connectivity index (χ4v) is 2.71. The molecule has 1 rings (SSSR count). The van der Waals surface area contributed by atoms with Gasteiger partial charge in [0.2, 0.25) is 0 Å². The summed E-state index contributed by atoms with van der Waals surface area (Å²) in [4.78, 5) is 24.2. The van der Waals surface area contributed by atoms with Crippen LogP contribution in [0.1, 0.15) is 45.4 Å². The van der Waals surface area contributed by atoms with E-state index in [1.54, 1.807) is 0 Å². The summed E-state index contributed by atoms with van der Waals surface area (Å²) in [5, 5.41) is -5.22. The molecule has 0 bridgehead atoms. The van der Waals surface area contributed by atoms with Crippen LogP contribution in [0, 0.1) is 5.92 Å². The van der Waals surface area contributed by atoms with Crippen molar-refractivity contribution in [1.82, 2.24) is 0 Å². The molecular weight excluding hydrogens is 435 g/mol. The summed E-state index contributed by atoms with van der Waals surface area (Å²) < 4.78 is 110. The molecule has 1 aliphatic carbocycles. The van der Waals surface area contributed by atoms with Crippen LogP contribution in [0.5, 0.6) is 0 Å². The Labute approximate surface area is 163 Å². The Morgan fingerprint density at radius 3 is 2.07 bits per heavy atom. The summed E-state index contributed by atoms with van der Waals surface area (Å²) in [5.74, 6) is -9.52. The maximum atomic E-state index is 13.7. The molecular formula is C15H21F5O8S. The first-order valence-electron chi connectivity index (χ1n) is 8.63. The minimum absolute atomic E-state index is 0.0391. The molecule has 0 aromatic carbocycles. The first-order chi connectivity index (χ1) is 13.2. The number of hydrogen-bond acceptors (Lipinski definition) is 7. The topological polar surface area (TPSA) is 116 Å². The van der Waals surface area contributed by atoms with Gasteiger partial charge in [0.25, 0.3) is 0 Å². The maximum absolute atomic E-state index is 13.7. The van der Waals surface area contributed by atoms with Gasteiger partial charge >= 0.3 is 39.3 Å². The van der Waals surface area contributed by atoms with E-state index in [1.165, 1.54) is 6.92 Å². The number of alkyl halides is 5. The minimum Gasteiger partial charge on any atom is -0.461 e. The molecule has 1 aliphatic rings. The summed E-state index contributed by atoms with van der Waals surface area (Å²) in [6, 6.07) is 0. The molecule has 1 saturated carbocycles. The number of rotatable bonds is 9. The van der Waals surface area contributed by atoms with Gasteiger partial charge in [-0.25, -0.2) is 4.79 Å². The van der Waals surface area contributed by atoms with Crippen LogP contribution in [-0.2, 0) is 33.9 Å². The second-order valence-electron chi connectivity index (χ2n) is 6.41. The third kappa shape index (κ3) is 6.22. The average Bonchev–Trinajstić information content (AvgIpc) is 2.61. The zero-order chi connectivity index (χ0) is 22.5. The summed E-state index contributed by atoms with van der Waals surface area (Å²) >= 11 is 0. The van der Waals surface area contributed by atoms with Crippen LogP contribution >= 0.6 is 0 Å². The van der Waals surface area contributed by atoms with Gasteiger partial charge in [-0.1, -0.05) is 26.2 Å². The SMILES string of the molecule is CCCOC(=O)C(OCC(F)(F)S(=O)(=O)O)(OC(=O)C1CCCCC1)C(F)(F)F. The zero-order valence-electron chi connectivity index (χ0n) is 15.3. The Balaban J connectivity index is 3.27. The average molecular weight is 456 g/mol. The predicted molar refractivity (Wildman–Crippen MR) is 85.2 cm³/mol. The molecule has 1 atom stereocenters. The van der Waals surface area contributed by atoms with Gasteiger partial charge in [-0.15, -0.1) is 0 Å². The fraction of sp³-hybridized carbons (Fsp3) is 0.867. The molecule has 0 heterocycles. The Bertz CT molecular complexity index is 687. The summed E-state index contributed by atoms with van der Waals surface area (Å²) in [6.45, 7) is -1.79. The summed E-state index contributed by atoms with van der Waals surface area (Å²) in [6.07, 6.45) is -3.82. The van der Waals surface area contributed by atoms with Gasteiger partial charge in [0.05, 0.1) is 12.5 Å². The molecule has 8 nitrogen and oxygen atoms in total. The van der Waals surface area contributed by atoms with Crippen molar-refractivity contribution in [1.29, 1.82) is 0 Å². The van der Waals surface area contributed by atoms with Crippen LogP contribution in [0.3, 0.4) is 0 Å². The number of halogens is 5. The highest BCUT2D eigenvalue weighted by Gasteiger charge is 2.69. The summed E-state index contributed by atoms with van der Waals surface area (Å²) in [5.41, 5.74) is 0. The lowest BCUT2D eigenvalue weighted by Crippen LogP contribution is -2.60. The van der Waals surface area contributed by atoms with Gasteiger partial charge in [0.15, 0.2) is 0 Å². The minimum atomic E-state index is -6.18. The van der Waals surface area contributed by atoms with E-state index >= 15 is 0 Å². The molecule has 1 unspecified atom stereocenters. The molecule has 0 radical (unpaired) electrons. The van der Waals surface area contributed by atoms with E-state index in [2.05, 4.69) is 14.2 Å². The number of ether oxygens (including phenoxy) is 3. The van der Waals surface area contributed by atoms with E-state index in [0.29, 0.717) is 12.8 Å². The van der Waals surface area contributed by atoms with Gasteiger partial charge in [0.1, 0.15) is 6.61 Å². The van der Waals surface area contributed by atoms with Crippen LogP contribution in [0.2, 0.25) is 0 Å². The first kappa shape index (κ1) is 25.5. The van der Waals surface area contributed by atoms with Gasteiger partial charge < -0.3 is 14.2 Å². The lowest BCUT2D eigenvalue weighted by atomic mass is 9.89. The predicted octanol–water partition coefficient (Wildman–Crippen LogP) is 2.82. The monoisotopic (exact) mass is 456 g/mol. The number of carbonyl (C=O) groups is 2. The van der Waals surface area contributed by atoms with Crippen molar-refractivity contribution in [2.24, 2.45) is 5.92 Å². The van der Waals surface area contributed by atoms with Crippen LogP contribution in [0.25, 0.3) is 0 Å². The van der Waals surface area contributed by atoms with Crippen molar-refractivity contribution in [2.45, 2.75) is 62.7 Å². The Hall–Kier alpha value is -1.54. The van der Waals surface area contributed by atoms with Crippen molar-refractivity contribution in [3.8, 4) is 0 Å². The molecule has 0 aliphatic heterocycles. The quantitative estimate of drug-likeness (QED) is 0.244. The van der Waals surface area contributed by atoms with Crippen LogP contribution in [0.4, 0.5) is 22.0 Å². The highest BCUT2D eigenvalue weighted by molar-refractivity contribution is 7.86. The lowest BCUT2D eigenvalue weighted by molar-refractivity contribution is -0.362. The molecule has 14 heteroatoms. The number of hydrogen-bond donors (Lipinski definition) is 1. The standard InChI is InChI=1S/C15H21F5O8S/c1-2-8-26-12(22)14(15(18,19)20,27-9-13(16,17)29(23,24)25)28-11(21)10-6-4-3-5-7-10/h10H,2-9H2,1H3,(H,23,24,25). The van der Waals surface area contributed by atoms with Crippen molar-refractivity contribution < 1.29 is 58.7 Å². The Morgan fingerprint density at radius 2 is 1.62 bits per heavy atom. The molecule has 1 fully saturated rings. The second kappa shape index (κ2) is 9.51. The molecule has 170 valence electrons. The summed E-state index contributed by atoms with van der Waals surface area (Å²) in [7, 11) is -6.18. The highest BCUT2D eigenvalue weighted by Crippen LogP contribution is 2.39. The largest absolute Gasteiger partial charge is 0.468 e. The highest BCUT2D eigenvalue weighted by atomic mass is 32.2. The maximum Gasteiger partial charge on any atom is 0.468 e. The molecule has 0 saturated heterocycles. The van der Waals surface area contributed by atoms with E-state index in [1.807, 2.05) is 0 Å². The second-order valence-corrected chi connectivity index (χ2v) is 7.95. The number of esters is 2. The molecule has 1 N–H and O–H groups in total.